The molecule has 0 aliphatic rings. The normalized spacial score (nSPS) is 11.1. The molecule has 0 spiro atoms. The van der Waals surface area contributed by atoms with E-state index in [4.69, 9.17) is 23.2 Å². The molecule has 0 amide bonds. The Bertz CT molecular complexity index is 714. The lowest BCUT2D eigenvalue weighted by atomic mass is 10.2. The van der Waals surface area contributed by atoms with Crippen molar-refractivity contribution in [3.05, 3.63) is 46.7 Å². The fraction of sp³-hybridized carbons (Fsp3) is 0.0769. The largest absolute Gasteiger partial charge is 0.327 e. The summed E-state index contributed by atoms with van der Waals surface area (Å²) >= 11 is 12.4. The standard InChI is InChI=1S/C13H9Cl2N3/c1-18-11-5-6-16-7-10(11)17-13(18)12-8(14)3-2-4-9(12)15/h2-7H,1H3. The molecule has 90 valence electrons. The van der Waals surface area contributed by atoms with Crippen molar-refractivity contribution < 1.29 is 0 Å². The van der Waals surface area contributed by atoms with Gasteiger partial charge in [-0.15, -0.1) is 0 Å². The maximum absolute atomic E-state index is 6.21. The van der Waals surface area contributed by atoms with E-state index in [9.17, 15) is 0 Å². The summed E-state index contributed by atoms with van der Waals surface area (Å²) in [4.78, 5) is 8.60. The molecule has 5 heteroatoms. The van der Waals surface area contributed by atoms with Crippen LogP contribution in [0.1, 0.15) is 0 Å². The number of aryl methyl sites for hydroxylation is 1. The average molecular weight is 278 g/mol. The molecule has 3 aromatic rings. The maximum Gasteiger partial charge on any atom is 0.143 e. The molecule has 2 heterocycles. The molecule has 0 atom stereocenters. The Morgan fingerprint density at radius 2 is 1.83 bits per heavy atom. The van der Waals surface area contributed by atoms with Gasteiger partial charge in [-0.05, 0) is 18.2 Å². The van der Waals surface area contributed by atoms with Crippen LogP contribution in [0.2, 0.25) is 10.0 Å². The SMILES string of the molecule is Cn1c(-c2c(Cl)cccc2Cl)nc2cnccc21. The average Bonchev–Trinajstić information content (AvgIpc) is 2.68. The molecule has 18 heavy (non-hydrogen) atoms. The van der Waals surface area contributed by atoms with Crippen LogP contribution in [0, 0.1) is 0 Å². The fourth-order valence-electron chi connectivity index (χ4n) is 1.99. The van der Waals surface area contributed by atoms with Crippen molar-refractivity contribution in [2.75, 3.05) is 0 Å². The minimum Gasteiger partial charge on any atom is -0.327 e. The predicted molar refractivity (Wildman–Crippen MR) is 74.0 cm³/mol. The Balaban J connectivity index is 2.36. The molecular weight excluding hydrogens is 269 g/mol. The molecule has 3 nitrogen and oxygen atoms in total. The number of fused-ring (bicyclic) bond motifs is 1. The summed E-state index contributed by atoms with van der Waals surface area (Å²) in [6.07, 6.45) is 3.46. The minimum absolute atomic E-state index is 0.592. The summed E-state index contributed by atoms with van der Waals surface area (Å²) in [5.41, 5.74) is 2.57. The van der Waals surface area contributed by atoms with Gasteiger partial charge in [0.05, 0.1) is 27.3 Å². The summed E-state index contributed by atoms with van der Waals surface area (Å²) in [6.45, 7) is 0. The van der Waals surface area contributed by atoms with Gasteiger partial charge in [0.25, 0.3) is 0 Å². The summed E-state index contributed by atoms with van der Waals surface area (Å²) in [5.74, 6) is 0.744. The summed E-state index contributed by atoms with van der Waals surface area (Å²) in [5, 5.41) is 1.18. The van der Waals surface area contributed by atoms with E-state index >= 15 is 0 Å². The Morgan fingerprint density at radius 1 is 1.11 bits per heavy atom. The van der Waals surface area contributed by atoms with Gasteiger partial charge in [-0.2, -0.15) is 0 Å². The highest BCUT2D eigenvalue weighted by molar-refractivity contribution is 6.39. The lowest BCUT2D eigenvalue weighted by Crippen LogP contribution is -1.93. The molecule has 0 saturated carbocycles. The van der Waals surface area contributed by atoms with Crippen molar-refractivity contribution in [3.8, 4) is 11.4 Å². The van der Waals surface area contributed by atoms with Crippen LogP contribution in [0.3, 0.4) is 0 Å². The zero-order chi connectivity index (χ0) is 12.7. The van der Waals surface area contributed by atoms with Gasteiger partial charge in [0.2, 0.25) is 0 Å². The van der Waals surface area contributed by atoms with Gasteiger partial charge in [-0.3, -0.25) is 4.98 Å². The van der Waals surface area contributed by atoms with Crippen LogP contribution in [0.4, 0.5) is 0 Å². The molecule has 3 rings (SSSR count). The third-order valence-corrected chi connectivity index (χ3v) is 3.50. The molecule has 0 fully saturated rings. The molecule has 1 aromatic carbocycles. The molecule has 0 unspecified atom stereocenters. The van der Waals surface area contributed by atoms with E-state index in [0.717, 1.165) is 22.4 Å². The van der Waals surface area contributed by atoms with Crippen molar-refractivity contribution in [1.29, 1.82) is 0 Å². The number of aromatic nitrogens is 3. The second kappa shape index (κ2) is 4.26. The molecule has 0 aliphatic carbocycles. The molecule has 0 aliphatic heterocycles. The number of hydrogen-bond acceptors (Lipinski definition) is 2. The summed E-state index contributed by atoms with van der Waals surface area (Å²) in [7, 11) is 1.93. The van der Waals surface area contributed by atoms with Crippen molar-refractivity contribution >= 4 is 34.2 Å². The van der Waals surface area contributed by atoms with E-state index < -0.39 is 0 Å². The fourth-order valence-corrected chi connectivity index (χ4v) is 2.55. The lowest BCUT2D eigenvalue weighted by Gasteiger charge is -2.06. The highest BCUT2D eigenvalue weighted by Crippen LogP contribution is 2.34. The van der Waals surface area contributed by atoms with E-state index in [1.807, 2.05) is 23.7 Å². The molecular formula is C13H9Cl2N3. The van der Waals surface area contributed by atoms with Crippen molar-refractivity contribution in [1.82, 2.24) is 14.5 Å². The van der Waals surface area contributed by atoms with Crippen molar-refractivity contribution in [2.45, 2.75) is 0 Å². The number of pyridine rings is 1. The van der Waals surface area contributed by atoms with E-state index in [1.165, 1.54) is 0 Å². The van der Waals surface area contributed by atoms with Crippen molar-refractivity contribution in [3.63, 3.8) is 0 Å². The molecule has 0 N–H and O–H groups in total. The van der Waals surface area contributed by atoms with E-state index in [-0.39, 0.29) is 0 Å². The number of halogens is 2. The Morgan fingerprint density at radius 3 is 2.50 bits per heavy atom. The zero-order valence-electron chi connectivity index (χ0n) is 9.56. The predicted octanol–water partition coefficient (Wildman–Crippen LogP) is 3.94. The Hall–Kier alpha value is -1.58. The summed E-state index contributed by atoms with van der Waals surface area (Å²) < 4.78 is 1.96. The Kier molecular flexibility index (Phi) is 2.73. The van der Waals surface area contributed by atoms with Crippen LogP contribution >= 0.6 is 23.2 Å². The van der Waals surface area contributed by atoms with Gasteiger partial charge in [0.15, 0.2) is 0 Å². The second-order valence-corrected chi connectivity index (χ2v) is 4.77. The number of nitrogens with zero attached hydrogens (tertiary/aromatic N) is 3. The number of rotatable bonds is 1. The van der Waals surface area contributed by atoms with Gasteiger partial charge in [0, 0.05) is 13.2 Å². The van der Waals surface area contributed by atoms with Crippen LogP contribution in [0.25, 0.3) is 22.4 Å². The third-order valence-electron chi connectivity index (χ3n) is 2.87. The van der Waals surface area contributed by atoms with E-state index in [0.29, 0.717) is 10.0 Å². The smallest absolute Gasteiger partial charge is 0.143 e. The van der Waals surface area contributed by atoms with Gasteiger partial charge in [-0.1, -0.05) is 29.3 Å². The number of imidazole rings is 1. The third kappa shape index (κ3) is 1.67. The van der Waals surface area contributed by atoms with Crippen LogP contribution in [0.15, 0.2) is 36.7 Å². The topological polar surface area (TPSA) is 30.7 Å². The minimum atomic E-state index is 0.592. The lowest BCUT2D eigenvalue weighted by molar-refractivity contribution is 0.959. The van der Waals surface area contributed by atoms with Gasteiger partial charge < -0.3 is 4.57 Å². The van der Waals surface area contributed by atoms with Crippen LogP contribution in [0.5, 0.6) is 0 Å². The van der Waals surface area contributed by atoms with Crippen LogP contribution in [-0.4, -0.2) is 14.5 Å². The first-order valence-electron chi connectivity index (χ1n) is 5.39. The van der Waals surface area contributed by atoms with Crippen molar-refractivity contribution in [2.24, 2.45) is 7.05 Å². The summed E-state index contributed by atoms with van der Waals surface area (Å²) in [6, 6.07) is 7.34. The van der Waals surface area contributed by atoms with Gasteiger partial charge in [-0.25, -0.2) is 4.98 Å². The van der Waals surface area contributed by atoms with E-state index in [2.05, 4.69) is 9.97 Å². The number of hydrogen-bond donors (Lipinski definition) is 0. The first-order chi connectivity index (χ1) is 8.68. The molecule has 0 saturated heterocycles. The van der Waals surface area contributed by atoms with Crippen LogP contribution < -0.4 is 0 Å². The monoisotopic (exact) mass is 277 g/mol. The number of benzene rings is 1. The van der Waals surface area contributed by atoms with Gasteiger partial charge >= 0.3 is 0 Å². The van der Waals surface area contributed by atoms with Crippen LogP contribution in [-0.2, 0) is 7.05 Å². The Labute approximate surface area is 114 Å². The van der Waals surface area contributed by atoms with E-state index in [1.54, 1.807) is 24.5 Å². The molecule has 0 radical (unpaired) electrons. The first kappa shape index (κ1) is 11.5. The highest BCUT2D eigenvalue weighted by Gasteiger charge is 2.15. The maximum atomic E-state index is 6.21. The molecule has 2 aromatic heterocycles. The first-order valence-corrected chi connectivity index (χ1v) is 6.15. The quantitative estimate of drug-likeness (QED) is 0.675. The molecule has 0 bridgehead atoms. The second-order valence-electron chi connectivity index (χ2n) is 3.96. The zero-order valence-corrected chi connectivity index (χ0v) is 11.1. The van der Waals surface area contributed by atoms with Gasteiger partial charge in [0.1, 0.15) is 11.3 Å². The highest BCUT2D eigenvalue weighted by atomic mass is 35.5.